The summed E-state index contributed by atoms with van der Waals surface area (Å²) in [6, 6.07) is 0. The molecule has 1 unspecified atom stereocenters. The number of carboxylic acid groups (broad SMARTS) is 1. The summed E-state index contributed by atoms with van der Waals surface area (Å²) in [7, 11) is 0. The first kappa shape index (κ1) is 46.4. The second-order valence-electron chi connectivity index (χ2n) is 13.5. The molecule has 0 saturated heterocycles. The number of allylic oxidation sites excluding steroid dienone is 8. The molecule has 0 spiro atoms. The van der Waals surface area contributed by atoms with Gasteiger partial charge in [-0.3, -0.25) is 14.4 Å². The van der Waals surface area contributed by atoms with Crippen LogP contribution in [0.2, 0.25) is 0 Å². The van der Waals surface area contributed by atoms with Crippen LogP contribution in [-0.4, -0.2) is 35.6 Å². The molecule has 0 aromatic rings. The topological polar surface area (TPSA) is 92.7 Å². The van der Waals surface area contributed by atoms with Crippen LogP contribution < -0.4 is 5.32 Å². The third kappa shape index (κ3) is 38.0. The minimum absolute atomic E-state index is 0.0251. The summed E-state index contributed by atoms with van der Waals surface area (Å²) in [6.07, 6.45) is 48.1. The molecule has 0 bridgehead atoms. The maximum atomic E-state index is 12.7. The number of rotatable bonds is 36. The number of hydrogen-bond acceptors (Lipinski definition) is 4. The van der Waals surface area contributed by atoms with Crippen molar-refractivity contribution in [1.29, 1.82) is 0 Å². The van der Waals surface area contributed by atoms with Crippen molar-refractivity contribution in [3.05, 3.63) is 48.6 Å². The second kappa shape index (κ2) is 38.2. The number of nitrogens with one attached hydrogen (secondary N) is 1. The van der Waals surface area contributed by atoms with Crippen LogP contribution in [0.4, 0.5) is 0 Å². The maximum Gasteiger partial charge on any atom is 0.322 e. The van der Waals surface area contributed by atoms with Gasteiger partial charge in [0.25, 0.3) is 0 Å². The SMILES string of the molecule is CC/C=C\C/C=C\C/C=C\C/C=C\CCCCCCCCCCC(=O)OC(CCCCCCCC)CCCCCCCC(=O)NCC(=O)O. The second-order valence-corrected chi connectivity index (χ2v) is 13.5. The fourth-order valence-electron chi connectivity index (χ4n) is 5.80. The van der Waals surface area contributed by atoms with E-state index in [2.05, 4.69) is 67.8 Å². The van der Waals surface area contributed by atoms with Crippen LogP contribution in [0.5, 0.6) is 0 Å². The molecule has 282 valence electrons. The molecule has 1 atom stereocenters. The fourth-order valence-corrected chi connectivity index (χ4v) is 5.80. The third-order valence-electron chi connectivity index (χ3n) is 8.77. The van der Waals surface area contributed by atoms with Gasteiger partial charge < -0.3 is 15.2 Å². The van der Waals surface area contributed by atoms with Crippen LogP contribution in [0.25, 0.3) is 0 Å². The van der Waals surface area contributed by atoms with Crippen molar-refractivity contribution in [2.75, 3.05) is 6.54 Å². The standard InChI is InChI=1S/C43H75NO5/c1-3-5-7-9-11-12-13-14-15-16-17-18-19-20-21-22-23-24-25-30-34-38-43(48)49-40(35-31-27-10-8-6-4-2)36-32-28-26-29-33-37-41(45)44-39-42(46)47/h5,7,11-12,14-15,17-18,40H,3-4,6,8-10,13,16,19-39H2,1-2H3,(H,44,45)(H,46,47)/b7-5-,12-11-,15-14-,18-17-. The largest absolute Gasteiger partial charge is 0.480 e. The van der Waals surface area contributed by atoms with Crippen LogP contribution >= 0.6 is 0 Å². The quantitative estimate of drug-likeness (QED) is 0.0389. The van der Waals surface area contributed by atoms with E-state index in [0.717, 1.165) is 89.9 Å². The highest BCUT2D eigenvalue weighted by Gasteiger charge is 2.14. The highest BCUT2D eigenvalue weighted by atomic mass is 16.5. The van der Waals surface area contributed by atoms with Crippen LogP contribution in [0.15, 0.2) is 48.6 Å². The lowest BCUT2D eigenvalue weighted by molar-refractivity contribution is -0.150. The number of unbranched alkanes of at least 4 members (excludes halogenated alkanes) is 17. The van der Waals surface area contributed by atoms with Crippen molar-refractivity contribution in [1.82, 2.24) is 5.32 Å². The molecule has 0 aromatic carbocycles. The molecule has 0 aliphatic heterocycles. The summed E-state index contributed by atoms with van der Waals surface area (Å²) < 4.78 is 5.97. The van der Waals surface area contributed by atoms with E-state index in [1.807, 2.05) is 0 Å². The Kier molecular flexibility index (Phi) is 36.1. The first-order valence-corrected chi connectivity index (χ1v) is 20.3. The lowest BCUT2D eigenvalue weighted by Gasteiger charge is -2.18. The Hall–Kier alpha value is -2.63. The number of esters is 1. The van der Waals surface area contributed by atoms with E-state index in [-0.39, 0.29) is 24.5 Å². The summed E-state index contributed by atoms with van der Waals surface area (Å²) in [6.45, 7) is 4.08. The number of hydrogen-bond donors (Lipinski definition) is 2. The van der Waals surface area contributed by atoms with E-state index in [4.69, 9.17) is 9.84 Å². The van der Waals surface area contributed by atoms with Crippen molar-refractivity contribution < 1.29 is 24.2 Å². The molecule has 0 radical (unpaired) electrons. The van der Waals surface area contributed by atoms with Crippen molar-refractivity contribution in [2.45, 2.75) is 200 Å². The molecule has 0 saturated carbocycles. The maximum absolute atomic E-state index is 12.7. The molecule has 0 fully saturated rings. The predicted molar refractivity (Wildman–Crippen MR) is 208 cm³/mol. The molecule has 0 heterocycles. The van der Waals surface area contributed by atoms with E-state index in [1.165, 1.54) is 77.0 Å². The van der Waals surface area contributed by atoms with Gasteiger partial charge in [-0.25, -0.2) is 0 Å². The summed E-state index contributed by atoms with van der Waals surface area (Å²) in [5, 5.41) is 11.0. The van der Waals surface area contributed by atoms with Gasteiger partial charge in [0, 0.05) is 12.8 Å². The number of ether oxygens (including phenoxy) is 1. The zero-order valence-corrected chi connectivity index (χ0v) is 31.8. The summed E-state index contributed by atoms with van der Waals surface area (Å²) in [4.78, 5) is 34.8. The van der Waals surface area contributed by atoms with E-state index >= 15 is 0 Å². The first-order chi connectivity index (χ1) is 24.0. The highest BCUT2D eigenvalue weighted by Crippen LogP contribution is 2.18. The molecular formula is C43H75NO5. The Morgan fingerprint density at radius 1 is 0.551 bits per heavy atom. The van der Waals surface area contributed by atoms with E-state index < -0.39 is 5.97 Å². The summed E-state index contributed by atoms with van der Waals surface area (Å²) >= 11 is 0. The molecule has 0 aliphatic carbocycles. The summed E-state index contributed by atoms with van der Waals surface area (Å²) in [5.74, 6) is -1.24. The average molecular weight is 686 g/mol. The van der Waals surface area contributed by atoms with Gasteiger partial charge in [0.05, 0.1) is 0 Å². The Balaban J connectivity index is 3.95. The van der Waals surface area contributed by atoms with Crippen LogP contribution in [0, 0.1) is 0 Å². The minimum atomic E-state index is -1.02. The number of carboxylic acids is 1. The van der Waals surface area contributed by atoms with Gasteiger partial charge in [0.15, 0.2) is 0 Å². The fraction of sp³-hybridized carbons (Fsp3) is 0.744. The molecule has 0 aromatic heterocycles. The van der Waals surface area contributed by atoms with E-state index in [0.29, 0.717) is 12.8 Å². The van der Waals surface area contributed by atoms with Crippen molar-refractivity contribution in [3.8, 4) is 0 Å². The molecular weight excluding hydrogens is 610 g/mol. The number of carbonyl (C=O) groups excluding carboxylic acids is 2. The smallest absolute Gasteiger partial charge is 0.322 e. The normalized spacial score (nSPS) is 12.5. The molecule has 0 aliphatic rings. The van der Waals surface area contributed by atoms with Gasteiger partial charge in [-0.15, -0.1) is 0 Å². The van der Waals surface area contributed by atoms with Crippen LogP contribution in [0.3, 0.4) is 0 Å². The Bertz CT molecular complexity index is 891. The molecule has 6 heteroatoms. The number of carbonyl (C=O) groups is 3. The number of amides is 1. The van der Waals surface area contributed by atoms with Crippen molar-refractivity contribution >= 4 is 17.8 Å². The molecule has 2 N–H and O–H groups in total. The zero-order chi connectivity index (χ0) is 35.9. The van der Waals surface area contributed by atoms with Crippen molar-refractivity contribution in [3.63, 3.8) is 0 Å². The van der Waals surface area contributed by atoms with E-state index in [1.54, 1.807) is 0 Å². The van der Waals surface area contributed by atoms with Crippen LogP contribution in [-0.2, 0) is 19.1 Å². The average Bonchev–Trinajstić information content (AvgIpc) is 3.08. The summed E-state index contributed by atoms with van der Waals surface area (Å²) in [5.41, 5.74) is 0. The van der Waals surface area contributed by atoms with Gasteiger partial charge in [0.2, 0.25) is 5.91 Å². The monoisotopic (exact) mass is 686 g/mol. The Morgan fingerprint density at radius 2 is 1.00 bits per heavy atom. The minimum Gasteiger partial charge on any atom is -0.480 e. The van der Waals surface area contributed by atoms with Gasteiger partial charge >= 0.3 is 11.9 Å². The lowest BCUT2D eigenvalue weighted by atomic mass is 10.0. The Morgan fingerprint density at radius 3 is 1.53 bits per heavy atom. The van der Waals surface area contributed by atoms with Gasteiger partial charge in [-0.1, -0.05) is 152 Å². The predicted octanol–water partition coefficient (Wildman–Crippen LogP) is 12.3. The van der Waals surface area contributed by atoms with Gasteiger partial charge in [-0.2, -0.15) is 0 Å². The molecule has 0 rings (SSSR count). The van der Waals surface area contributed by atoms with Gasteiger partial charge in [0.1, 0.15) is 12.6 Å². The zero-order valence-electron chi connectivity index (χ0n) is 31.8. The first-order valence-electron chi connectivity index (χ1n) is 20.3. The molecule has 1 amide bonds. The molecule has 6 nitrogen and oxygen atoms in total. The number of aliphatic carboxylic acids is 1. The third-order valence-corrected chi connectivity index (χ3v) is 8.77. The van der Waals surface area contributed by atoms with E-state index in [9.17, 15) is 14.4 Å². The highest BCUT2D eigenvalue weighted by molar-refractivity contribution is 5.80. The Labute approximate surface area is 301 Å². The lowest BCUT2D eigenvalue weighted by Crippen LogP contribution is -2.28. The molecule has 49 heavy (non-hydrogen) atoms. The van der Waals surface area contributed by atoms with Crippen molar-refractivity contribution in [2.24, 2.45) is 0 Å². The van der Waals surface area contributed by atoms with Crippen LogP contribution in [0.1, 0.15) is 194 Å². The van der Waals surface area contributed by atoms with Gasteiger partial charge in [-0.05, 0) is 77.0 Å².